The molecule has 0 heterocycles. The Morgan fingerprint density at radius 1 is 1.38 bits per heavy atom. The first-order chi connectivity index (χ1) is 9.92. The normalized spacial score (nSPS) is 13.8. The third-order valence-corrected chi connectivity index (χ3v) is 4.16. The van der Waals surface area contributed by atoms with Crippen LogP contribution in [0.3, 0.4) is 0 Å². The summed E-state index contributed by atoms with van der Waals surface area (Å²) in [6, 6.07) is 3.79. The number of carbonyl (C=O) groups is 1. The highest BCUT2D eigenvalue weighted by Gasteiger charge is 2.33. The molecule has 0 bridgehead atoms. The molecule has 0 radical (unpaired) electrons. The van der Waals surface area contributed by atoms with Crippen LogP contribution in [0, 0.1) is 11.6 Å². The molecule has 1 aromatic carbocycles. The molecular formula is C15H21F2NO2S. The smallest absolute Gasteiger partial charge is 0.325 e. The molecule has 0 saturated heterocycles. The summed E-state index contributed by atoms with van der Waals surface area (Å²) in [5.74, 6) is -1.45. The van der Waals surface area contributed by atoms with E-state index < -0.39 is 17.2 Å². The fourth-order valence-corrected chi connectivity index (χ4v) is 2.93. The summed E-state index contributed by atoms with van der Waals surface area (Å²) in [6.07, 6.45) is 1.44. The van der Waals surface area contributed by atoms with E-state index >= 15 is 0 Å². The summed E-state index contributed by atoms with van der Waals surface area (Å²) in [5, 5.41) is 3.18. The standard InChI is InChI=1S/C15H21F2NO2S/c1-4-8-18-15(2,14(19)20-3)7-9-21-11-5-6-12(16)13(17)10-11/h5-6,10,18H,4,7-9H2,1-3H3. The molecule has 0 aromatic heterocycles. The van der Waals surface area contributed by atoms with Crippen LogP contribution in [-0.4, -0.2) is 30.9 Å². The summed E-state index contributed by atoms with van der Waals surface area (Å²) < 4.78 is 30.8. The number of benzene rings is 1. The van der Waals surface area contributed by atoms with Crippen LogP contribution in [-0.2, 0) is 9.53 Å². The average Bonchev–Trinajstić information content (AvgIpc) is 2.48. The summed E-state index contributed by atoms with van der Waals surface area (Å²) >= 11 is 1.38. The molecule has 0 aliphatic heterocycles. The van der Waals surface area contributed by atoms with Crippen LogP contribution in [0.1, 0.15) is 26.7 Å². The Bertz CT molecular complexity index is 485. The van der Waals surface area contributed by atoms with Crippen molar-refractivity contribution in [3.8, 4) is 0 Å². The van der Waals surface area contributed by atoms with E-state index in [-0.39, 0.29) is 5.97 Å². The molecule has 0 saturated carbocycles. The summed E-state index contributed by atoms with van der Waals surface area (Å²) in [5.41, 5.74) is -0.768. The molecule has 0 fully saturated rings. The van der Waals surface area contributed by atoms with Crippen molar-refractivity contribution in [2.24, 2.45) is 0 Å². The van der Waals surface area contributed by atoms with Crippen LogP contribution in [0.4, 0.5) is 8.78 Å². The summed E-state index contributed by atoms with van der Waals surface area (Å²) in [4.78, 5) is 12.5. The van der Waals surface area contributed by atoms with Gasteiger partial charge < -0.3 is 10.1 Å². The Balaban J connectivity index is 2.60. The van der Waals surface area contributed by atoms with E-state index in [9.17, 15) is 13.6 Å². The Hall–Kier alpha value is -1.14. The maximum atomic E-state index is 13.1. The van der Waals surface area contributed by atoms with E-state index in [1.807, 2.05) is 6.92 Å². The van der Waals surface area contributed by atoms with Crippen LogP contribution in [0.15, 0.2) is 23.1 Å². The van der Waals surface area contributed by atoms with E-state index in [4.69, 9.17) is 4.74 Å². The number of ether oxygens (including phenoxy) is 1. The predicted octanol–water partition coefficient (Wildman–Crippen LogP) is 3.38. The number of rotatable bonds is 8. The second-order valence-electron chi connectivity index (χ2n) is 4.92. The third-order valence-electron chi connectivity index (χ3n) is 3.16. The minimum atomic E-state index is -0.861. The molecule has 3 nitrogen and oxygen atoms in total. The van der Waals surface area contributed by atoms with Crippen molar-refractivity contribution in [3.63, 3.8) is 0 Å². The molecule has 0 amide bonds. The van der Waals surface area contributed by atoms with Crippen LogP contribution in [0.5, 0.6) is 0 Å². The minimum Gasteiger partial charge on any atom is -0.468 e. The number of nitrogens with one attached hydrogen (secondary N) is 1. The van der Waals surface area contributed by atoms with Gasteiger partial charge in [0.2, 0.25) is 0 Å². The molecule has 1 N–H and O–H groups in total. The lowest BCUT2D eigenvalue weighted by Gasteiger charge is -2.27. The maximum Gasteiger partial charge on any atom is 0.325 e. The Morgan fingerprint density at radius 3 is 2.67 bits per heavy atom. The number of hydrogen-bond donors (Lipinski definition) is 1. The van der Waals surface area contributed by atoms with Gasteiger partial charge in [0, 0.05) is 10.6 Å². The van der Waals surface area contributed by atoms with E-state index in [2.05, 4.69) is 5.32 Å². The van der Waals surface area contributed by atoms with Crippen molar-refractivity contribution < 1.29 is 18.3 Å². The van der Waals surface area contributed by atoms with E-state index in [1.54, 1.807) is 6.92 Å². The number of thioether (sulfide) groups is 1. The van der Waals surface area contributed by atoms with E-state index in [1.165, 1.54) is 24.9 Å². The van der Waals surface area contributed by atoms with Crippen molar-refractivity contribution in [2.45, 2.75) is 37.1 Å². The zero-order chi connectivity index (χ0) is 15.9. The lowest BCUT2D eigenvalue weighted by atomic mass is 9.99. The Morgan fingerprint density at radius 2 is 2.10 bits per heavy atom. The van der Waals surface area contributed by atoms with Crippen LogP contribution in [0.2, 0.25) is 0 Å². The minimum absolute atomic E-state index is 0.318. The van der Waals surface area contributed by atoms with E-state index in [0.717, 1.165) is 18.6 Å². The second kappa shape index (κ2) is 8.34. The molecule has 0 spiro atoms. The number of methoxy groups -OCH3 is 1. The number of halogens is 2. The molecule has 1 atom stereocenters. The van der Waals surface area contributed by atoms with Crippen molar-refractivity contribution in [3.05, 3.63) is 29.8 Å². The lowest BCUT2D eigenvalue weighted by molar-refractivity contribution is -0.148. The SMILES string of the molecule is CCCNC(C)(CCSc1ccc(F)c(F)c1)C(=O)OC. The first-order valence-corrected chi connectivity index (χ1v) is 7.83. The zero-order valence-corrected chi connectivity index (χ0v) is 13.4. The van der Waals surface area contributed by atoms with Crippen LogP contribution >= 0.6 is 11.8 Å². The van der Waals surface area contributed by atoms with Gasteiger partial charge in [-0.25, -0.2) is 8.78 Å². The first kappa shape index (κ1) is 17.9. The molecule has 1 aromatic rings. The van der Waals surface area contributed by atoms with Gasteiger partial charge in [0.25, 0.3) is 0 Å². The summed E-state index contributed by atoms with van der Waals surface area (Å²) in [6.45, 7) is 4.52. The fraction of sp³-hybridized carbons (Fsp3) is 0.533. The third kappa shape index (κ3) is 5.28. The van der Waals surface area contributed by atoms with Gasteiger partial charge in [-0.15, -0.1) is 11.8 Å². The molecule has 0 aliphatic rings. The summed E-state index contributed by atoms with van der Waals surface area (Å²) in [7, 11) is 1.36. The maximum absolute atomic E-state index is 13.1. The van der Waals surface area contributed by atoms with Crippen molar-refractivity contribution in [1.29, 1.82) is 0 Å². The van der Waals surface area contributed by atoms with Gasteiger partial charge in [0.1, 0.15) is 5.54 Å². The average molecular weight is 317 g/mol. The number of esters is 1. The highest BCUT2D eigenvalue weighted by Crippen LogP contribution is 2.24. The number of hydrogen-bond acceptors (Lipinski definition) is 4. The topological polar surface area (TPSA) is 38.3 Å². The molecule has 1 unspecified atom stereocenters. The second-order valence-corrected chi connectivity index (χ2v) is 6.09. The highest BCUT2D eigenvalue weighted by atomic mass is 32.2. The molecule has 118 valence electrons. The van der Waals surface area contributed by atoms with E-state index in [0.29, 0.717) is 23.6 Å². The molecular weight excluding hydrogens is 296 g/mol. The molecule has 6 heteroatoms. The zero-order valence-electron chi connectivity index (χ0n) is 12.5. The van der Waals surface area contributed by atoms with Gasteiger partial charge in [-0.2, -0.15) is 0 Å². The monoisotopic (exact) mass is 317 g/mol. The lowest BCUT2D eigenvalue weighted by Crippen LogP contribution is -2.50. The molecule has 1 rings (SSSR count). The van der Waals surface area contributed by atoms with Gasteiger partial charge in [-0.05, 0) is 44.5 Å². The van der Waals surface area contributed by atoms with Crippen molar-refractivity contribution >= 4 is 17.7 Å². The van der Waals surface area contributed by atoms with Crippen LogP contribution in [0.25, 0.3) is 0 Å². The van der Waals surface area contributed by atoms with Gasteiger partial charge in [0.15, 0.2) is 11.6 Å². The van der Waals surface area contributed by atoms with Gasteiger partial charge in [-0.3, -0.25) is 4.79 Å². The van der Waals surface area contributed by atoms with Crippen molar-refractivity contribution in [2.75, 3.05) is 19.4 Å². The Labute approximate surface area is 128 Å². The quantitative estimate of drug-likeness (QED) is 0.589. The van der Waals surface area contributed by atoms with Gasteiger partial charge in [-0.1, -0.05) is 6.92 Å². The van der Waals surface area contributed by atoms with Gasteiger partial charge >= 0.3 is 5.97 Å². The highest BCUT2D eigenvalue weighted by molar-refractivity contribution is 7.99. The molecule has 0 aliphatic carbocycles. The Kier molecular flexibility index (Phi) is 7.11. The predicted molar refractivity (Wildman–Crippen MR) is 80.4 cm³/mol. The largest absolute Gasteiger partial charge is 0.468 e. The first-order valence-electron chi connectivity index (χ1n) is 6.84. The molecule has 21 heavy (non-hydrogen) atoms. The fourth-order valence-electron chi connectivity index (χ4n) is 1.83. The van der Waals surface area contributed by atoms with Gasteiger partial charge in [0.05, 0.1) is 7.11 Å². The van der Waals surface area contributed by atoms with Crippen LogP contribution < -0.4 is 5.32 Å². The van der Waals surface area contributed by atoms with Crippen molar-refractivity contribution in [1.82, 2.24) is 5.32 Å². The number of carbonyl (C=O) groups excluding carboxylic acids is 1.